The van der Waals surface area contributed by atoms with Gasteiger partial charge in [0, 0.05) is 12.6 Å². The van der Waals surface area contributed by atoms with E-state index in [1.165, 1.54) is 15.8 Å². The van der Waals surface area contributed by atoms with Gasteiger partial charge in [-0.2, -0.15) is 0 Å². The maximum absolute atomic E-state index is 5.98. The zero-order valence-electron chi connectivity index (χ0n) is 9.99. The molecule has 3 rings (SSSR count). The summed E-state index contributed by atoms with van der Waals surface area (Å²) in [5.74, 6) is 0. The molecule has 1 atom stereocenters. The molecule has 0 aliphatic heterocycles. The van der Waals surface area contributed by atoms with Crippen LogP contribution in [0, 0.1) is 0 Å². The van der Waals surface area contributed by atoms with Gasteiger partial charge in [0.25, 0.3) is 0 Å². The number of nitrogens with two attached hydrogens (primary N) is 1. The molecule has 1 heterocycles. The Morgan fingerprint density at radius 3 is 2.94 bits per heavy atom. The van der Waals surface area contributed by atoms with Crippen LogP contribution in [0.1, 0.15) is 24.5 Å². The average molecular weight is 247 g/mol. The number of nitrogens with zero attached hydrogens (tertiary/aromatic N) is 1. The molecule has 0 saturated heterocycles. The van der Waals surface area contributed by atoms with Crippen LogP contribution in [0.2, 0.25) is 0 Å². The number of hydrogen-bond donors (Lipinski definition) is 2. The molecule has 0 bridgehead atoms. The van der Waals surface area contributed by atoms with Crippen LogP contribution in [-0.4, -0.2) is 17.6 Å². The molecule has 17 heavy (non-hydrogen) atoms. The molecule has 1 aromatic heterocycles. The lowest BCUT2D eigenvalue weighted by Gasteiger charge is -1.96. The number of rotatable bonds is 3. The third-order valence-corrected chi connectivity index (χ3v) is 4.18. The molecule has 3 nitrogen and oxygen atoms in total. The van der Waals surface area contributed by atoms with Crippen molar-refractivity contribution in [2.75, 3.05) is 11.9 Å². The van der Waals surface area contributed by atoms with Crippen LogP contribution >= 0.6 is 11.3 Å². The van der Waals surface area contributed by atoms with E-state index in [1.807, 2.05) is 0 Å². The van der Waals surface area contributed by atoms with Crippen LogP contribution in [0.5, 0.6) is 0 Å². The number of hydrogen-bond acceptors (Lipinski definition) is 4. The van der Waals surface area contributed by atoms with Gasteiger partial charge < -0.3 is 11.1 Å². The van der Waals surface area contributed by atoms with Crippen molar-refractivity contribution in [1.82, 2.24) is 4.98 Å². The van der Waals surface area contributed by atoms with Gasteiger partial charge >= 0.3 is 0 Å². The second kappa shape index (κ2) is 4.27. The molecule has 3 N–H and O–H groups in total. The van der Waals surface area contributed by atoms with Gasteiger partial charge in [0.2, 0.25) is 0 Å². The van der Waals surface area contributed by atoms with Crippen molar-refractivity contribution in [2.45, 2.75) is 32.2 Å². The number of nitrogens with one attached hydrogen (secondary N) is 1. The van der Waals surface area contributed by atoms with E-state index >= 15 is 0 Å². The molecule has 1 aliphatic carbocycles. The lowest BCUT2D eigenvalue weighted by atomic mass is 10.1. The van der Waals surface area contributed by atoms with Crippen molar-refractivity contribution in [3.63, 3.8) is 0 Å². The van der Waals surface area contributed by atoms with E-state index in [2.05, 4.69) is 29.4 Å². The summed E-state index contributed by atoms with van der Waals surface area (Å²) in [6, 6.07) is 4.79. The molecule has 0 fully saturated rings. The Morgan fingerprint density at radius 2 is 2.18 bits per heavy atom. The van der Waals surface area contributed by atoms with Crippen molar-refractivity contribution >= 4 is 26.7 Å². The molecule has 0 amide bonds. The maximum Gasteiger partial charge on any atom is 0.183 e. The molecule has 4 heteroatoms. The second-order valence-electron chi connectivity index (χ2n) is 4.70. The van der Waals surface area contributed by atoms with Crippen LogP contribution in [0.15, 0.2) is 12.1 Å². The van der Waals surface area contributed by atoms with Gasteiger partial charge in [-0.3, -0.25) is 0 Å². The molecule has 90 valence electrons. The van der Waals surface area contributed by atoms with Crippen molar-refractivity contribution in [2.24, 2.45) is 5.73 Å². The van der Waals surface area contributed by atoms with E-state index in [0.29, 0.717) is 6.04 Å². The molecule has 0 radical (unpaired) electrons. The Balaban J connectivity index is 1.96. The van der Waals surface area contributed by atoms with Crippen molar-refractivity contribution < 1.29 is 0 Å². The predicted octanol–water partition coefficient (Wildman–Crippen LogP) is 2.54. The largest absolute Gasteiger partial charge is 0.361 e. The van der Waals surface area contributed by atoms with Gasteiger partial charge in [0.1, 0.15) is 0 Å². The molecule has 0 spiro atoms. The summed E-state index contributed by atoms with van der Waals surface area (Å²) in [7, 11) is 0. The van der Waals surface area contributed by atoms with Gasteiger partial charge in [0.05, 0.1) is 10.2 Å². The van der Waals surface area contributed by atoms with E-state index in [0.717, 1.165) is 36.5 Å². The zero-order chi connectivity index (χ0) is 11.8. The Hall–Kier alpha value is -1.13. The smallest absolute Gasteiger partial charge is 0.183 e. The first-order valence-corrected chi connectivity index (χ1v) is 6.99. The van der Waals surface area contributed by atoms with Crippen molar-refractivity contribution in [3.8, 4) is 0 Å². The summed E-state index contributed by atoms with van der Waals surface area (Å²) in [5, 5.41) is 4.39. The van der Waals surface area contributed by atoms with Crippen molar-refractivity contribution in [1.29, 1.82) is 0 Å². The number of anilines is 1. The lowest BCUT2D eigenvalue weighted by Crippen LogP contribution is -2.18. The van der Waals surface area contributed by atoms with Gasteiger partial charge in [0.15, 0.2) is 5.13 Å². The molecular formula is C13H17N3S. The number of thiazole rings is 1. The summed E-state index contributed by atoms with van der Waals surface area (Å²) in [6.45, 7) is 3.15. The minimum Gasteiger partial charge on any atom is -0.361 e. The highest BCUT2D eigenvalue weighted by Crippen LogP contribution is 2.32. The van der Waals surface area contributed by atoms with Crippen LogP contribution in [0.3, 0.4) is 0 Å². The SMILES string of the molecule is CCCNc1nc2cc3c(cc2s1)CC(N)C3. The van der Waals surface area contributed by atoms with Gasteiger partial charge in [-0.25, -0.2) is 4.98 Å². The molecule has 1 aromatic carbocycles. The third kappa shape index (κ3) is 2.03. The van der Waals surface area contributed by atoms with Crippen LogP contribution in [-0.2, 0) is 12.8 Å². The lowest BCUT2D eigenvalue weighted by molar-refractivity contribution is 0.721. The number of benzene rings is 1. The minimum atomic E-state index is 0.305. The Morgan fingerprint density at radius 1 is 1.41 bits per heavy atom. The highest BCUT2D eigenvalue weighted by molar-refractivity contribution is 7.22. The fourth-order valence-corrected chi connectivity index (χ4v) is 3.32. The topological polar surface area (TPSA) is 50.9 Å². The van der Waals surface area contributed by atoms with E-state index in [-0.39, 0.29) is 0 Å². The summed E-state index contributed by atoms with van der Waals surface area (Å²) < 4.78 is 1.27. The molecular weight excluding hydrogens is 230 g/mol. The van der Waals surface area contributed by atoms with E-state index in [1.54, 1.807) is 11.3 Å². The molecule has 0 saturated carbocycles. The second-order valence-corrected chi connectivity index (χ2v) is 5.73. The summed E-state index contributed by atoms with van der Waals surface area (Å²) in [5.41, 5.74) is 9.89. The standard InChI is InChI=1S/C13H17N3S/c1-2-3-15-13-16-11-6-8-4-10(14)5-9(8)7-12(11)17-13/h6-7,10H,2-5,14H2,1H3,(H,15,16). The van der Waals surface area contributed by atoms with Crippen LogP contribution < -0.4 is 11.1 Å². The first-order valence-electron chi connectivity index (χ1n) is 6.18. The normalized spacial score (nSPS) is 18.6. The summed E-state index contributed by atoms with van der Waals surface area (Å²) >= 11 is 1.74. The minimum absolute atomic E-state index is 0.305. The highest BCUT2D eigenvalue weighted by atomic mass is 32.1. The van der Waals surface area contributed by atoms with Crippen LogP contribution in [0.4, 0.5) is 5.13 Å². The Labute approximate surface area is 105 Å². The Kier molecular flexibility index (Phi) is 2.76. The monoisotopic (exact) mass is 247 g/mol. The van der Waals surface area contributed by atoms with Crippen LogP contribution in [0.25, 0.3) is 10.2 Å². The van der Waals surface area contributed by atoms with Gasteiger partial charge in [-0.15, -0.1) is 0 Å². The Bertz CT molecular complexity index is 504. The third-order valence-electron chi connectivity index (χ3n) is 3.20. The number of aromatic nitrogens is 1. The molecule has 1 aliphatic rings. The van der Waals surface area contributed by atoms with Gasteiger partial charge in [-0.1, -0.05) is 18.3 Å². The molecule has 1 unspecified atom stereocenters. The maximum atomic E-state index is 5.98. The first kappa shape index (κ1) is 11.0. The van der Waals surface area contributed by atoms with E-state index in [9.17, 15) is 0 Å². The average Bonchev–Trinajstić information content (AvgIpc) is 2.83. The number of fused-ring (bicyclic) bond motifs is 2. The van der Waals surface area contributed by atoms with E-state index < -0.39 is 0 Å². The molecule has 2 aromatic rings. The first-order chi connectivity index (χ1) is 8.26. The fraction of sp³-hybridized carbons (Fsp3) is 0.462. The quantitative estimate of drug-likeness (QED) is 0.876. The van der Waals surface area contributed by atoms with Gasteiger partial charge in [-0.05, 0) is 42.5 Å². The summed E-state index contributed by atoms with van der Waals surface area (Å²) in [4.78, 5) is 4.62. The zero-order valence-corrected chi connectivity index (χ0v) is 10.8. The highest BCUT2D eigenvalue weighted by Gasteiger charge is 2.19. The van der Waals surface area contributed by atoms with E-state index in [4.69, 9.17) is 5.73 Å². The summed E-state index contributed by atoms with van der Waals surface area (Å²) in [6.07, 6.45) is 3.14. The fourth-order valence-electron chi connectivity index (χ4n) is 2.38. The predicted molar refractivity (Wildman–Crippen MR) is 73.8 cm³/mol. The van der Waals surface area contributed by atoms with Crippen molar-refractivity contribution in [3.05, 3.63) is 23.3 Å².